The summed E-state index contributed by atoms with van der Waals surface area (Å²) in [7, 11) is 0. The number of rotatable bonds is 6. The number of hydrogen-bond donors (Lipinski definition) is 3. The van der Waals surface area contributed by atoms with Gasteiger partial charge in [-0.15, -0.1) is 0 Å². The fourth-order valence-corrected chi connectivity index (χ4v) is 2.12. The Labute approximate surface area is 153 Å². The van der Waals surface area contributed by atoms with Crippen LogP contribution in [0.15, 0.2) is 45.5 Å². The van der Waals surface area contributed by atoms with Crippen LogP contribution in [-0.4, -0.2) is 24.3 Å². The van der Waals surface area contributed by atoms with Crippen molar-refractivity contribution in [2.45, 2.75) is 13.8 Å². The Bertz CT molecular complexity index is 768. The average molecular weight is 408 g/mol. The van der Waals surface area contributed by atoms with Crippen LogP contribution >= 0.6 is 15.9 Å². The first kappa shape index (κ1) is 18.7. The Kier molecular flexibility index (Phi) is 6.35. The minimum Gasteiger partial charge on any atom is -0.444 e. The molecule has 1 aromatic heterocycles. The van der Waals surface area contributed by atoms with Crippen LogP contribution in [0.25, 0.3) is 0 Å². The predicted octanol–water partition coefficient (Wildman–Crippen LogP) is 3.01. The zero-order chi connectivity index (χ0) is 18.4. The molecule has 132 valence electrons. The standard InChI is InChI=1S/C17H18BrN3O4/c1-10(2)16(23)21-12-5-3-11(4-6-12)20-15(22)9-19-17(24)13-7-8-14(18)25-13/h3-8,10H,9H2,1-2H3,(H,19,24)(H,20,22)(H,21,23). The van der Waals surface area contributed by atoms with Crippen molar-refractivity contribution >= 4 is 45.0 Å². The molecule has 1 heterocycles. The van der Waals surface area contributed by atoms with E-state index in [1.807, 2.05) is 0 Å². The van der Waals surface area contributed by atoms with Gasteiger partial charge < -0.3 is 20.4 Å². The molecular formula is C17H18BrN3O4. The number of halogens is 1. The lowest BCUT2D eigenvalue weighted by Crippen LogP contribution is -2.32. The molecule has 0 unspecified atom stereocenters. The van der Waals surface area contributed by atoms with E-state index in [1.165, 1.54) is 6.07 Å². The lowest BCUT2D eigenvalue weighted by atomic mass is 10.2. The molecule has 0 bridgehead atoms. The SMILES string of the molecule is CC(C)C(=O)Nc1ccc(NC(=O)CNC(=O)c2ccc(Br)o2)cc1. The summed E-state index contributed by atoms with van der Waals surface area (Å²) >= 11 is 3.10. The molecule has 0 radical (unpaired) electrons. The molecule has 0 atom stereocenters. The largest absolute Gasteiger partial charge is 0.444 e. The molecule has 2 aromatic rings. The molecule has 0 fully saturated rings. The molecule has 1 aromatic carbocycles. The quantitative estimate of drug-likeness (QED) is 0.684. The third kappa shape index (κ3) is 5.75. The van der Waals surface area contributed by atoms with Crippen molar-refractivity contribution in [3.63, 3.8) is 0 Å². The number of furan rings is 1. The number of benzene rings is 1. The Balaban J connectivity index is 1.82. The molecule has 7 nitrogen and oxygen atoms in total. The third-order valence-corrected chi connectivity index (χ3v) is 3.59. The van der Waals surface area contributed by atoms with Crippen LogP contribution in [-0.2, 0) is 9.59 Å². The van der Waals surface area contributed by atoms with E-state index in [4.69, 9.17) is 4.42 Å². The molecule has 0 saturated carbocycles. The van der Waals surface area contributed by atoms with Gasteiger partial charge in [-0.2, -0.15) is 0 Å². The van der Waals surface area contributed by atoms with E-state index in [9.17, 15) is 14.4 Å². The van der Waals surface area contributed by atoms with Gasteiger partial charge in [0.1, 0.15) is 0 Å². The van der Waals surface area contributed by atoms with E-state index < -0.39 is 5.91 Å². The van der Waals surface area contributed by atoms with Crippen LogP contribution in [0.3, 0.4) is 0 Å². The van der Waals surface area contributed by atoms with E-state index >= 15 is 0 Å². The van der Waals surface area contributed by atoms with Gasteiger partial charge in [-0.25, -0.2) is 0 Å². The van der Waals surface area contributed by atoms with E-state index in [0.717, 1.165) is 0 Å². The second-order valence-corrected chi connectivity index (χ2v) is 6.34. The van der Waals surface area contributed by atoms with E-state index in [1.54, 1.807) is 44.2 Å². The smallest absolute Gasteiger partial charge is 0.287 e. The van der Waals surface area contributed by atoms with Crippen molar-refractivity contribution in [1.29, 1.82) is 0 Å². The summed E-state index contributed by atoms with van der Waals surface area (Å²) in [5.41, 5.74) is 1.20. The third-order valence-electron chi connectivity index (χ3n) is 3.17. The number of carbonyl (C=O) groups is 3. The highest BCUT2D eigenvalue weighted by Crippen LogP contribution is 2.15. The lowest BCUT2D eigenvalue weighted by molar-refractivity contribution is -0.119. The molecule has 0 saturated heterocycles. The second kappa shape index (κ2) is 8.48. The summed E-state index contributed by atoms with van der Waals surface area (Å²) in [5.74, 6) is -0.933. The predicted molar refractivity (Wildman–Crippen MR) is 97.3 cm³/mol. The Morgan fingerprint density at radius 3 is 2.12 bits per heavy atom. The maximum Gasteiger partial charge on any atom is 0.287 e. The summed E-state index contributed by atoms with van der Waals surface area (Å²) in [6.07, 6.45) is 0. The molecule has 25 heavy (non-hydrogen) atoms. The molecule has 0 aliphatic carbocycles. The lowest BCUT2D eigenvalue weighted by Gasteiger charge is -2.09. The van der Waals surface area contributed by atoms with Crippen molar-refractivity contribution in [2.75, 3.05) is 17.2 Å². The highest BCUT2D eigenvalue weighted by molar-refractivity contribution is 9.10. The maximum absolute atomic E-state index is 11.9. The van der Waals surface area contributed by atoms with Crippen LogP contribution in [0.2, 0.25) is 0 Å². The molecule has 0 spiro atoms. The van der Waals surface area contributed by atoms with Crippen LogP contribution in [0.4, 0.5) is 11.4 Å². The molecule has 2 rings (SSSR count). The molecule has 0 aliphatic heterocycles. The van der Waals surface area contributed by atoms with Crippen molar-refractivity contribution < 1.29 is 18.8 Å². The van der Waals surface area contributed by atoms with Crippen LogP contribution in [0, 0.1) is 5.92 Å². The molecule has 3 amide bonds. The topological polar surface area (TPSA) is 100 Å². The van der Waals surface area contributed by atoms with E-state index in [2.05, 4.69) is 31.9 Å². The number of hydrogen-bond acceptors (Lipinski definition) is 4. The first-order valence-corrected chi connectivity index (χ1v) is 8.39. The second-order valence-electron chi connectivity index (χ2n) is 5.56. The fraction of sp³-hybridized carbons (Fsp3) is 0.235. The summed E-state index contributed by atoms with van der Waals surface area (Å²) < 4.78 is 5.53. The van der Waals surface area contributed by atoms with Gasteiger partial charge in [-0.05, 0) is 52.3 Å². The Morgan fingerprint density at radius 2 is 1.60 bits per heavy atom. The van der Waals surface area contributed by atoms with Gasteiger partial charge >= 0.3 is 0 Å². The van der Waals surface area contributed by atoms with Crippen LogP contribution < -0.4 is 16.0 Å². The fourth-order valence-electron chi connectivity index (χ4n) is 1.81. The minimum absolute atomic E-state index is 0.0796. The molecule has 0 aliphatic rings. The van der Waals surface area contributed by atoms with Gasteiger partial charge in [0.05, 0.1) is 6.54 Å². The van der Waals surface area contributed by atoms with Gasteiger partial charge in [0.25, 0.3) is 5.91 Å². The molecular weight excluding hydrogens is 390 g/mol. The monoisotopic (exact) mass is 407 g/mol. The Morgan fingerprint density at radius 1 is 1.00 bits per heavy atom. The summed E-state index contributed by atoms with van der Waals surface area (Å²) in [6, 6.07) is 9.80. The zero-order valence-corrected chi connectivity index (χ0v) is 15.3. The van der Waals surface area contributed by atoms with Gasteiger partial charge in [-0.1, -0.05) is 13.8 Å². The first-order chi connectivity index (χ1) is 11.8. The molecule has 8 heteroatoms. The first-order valence-electron chi connectivity index (χ1n) is 7.59. The zero-order valence-electron chi connectivity index (χ0n) is 13.8. The normalized spacial score (nSPS) is 10.4. The van der Waals surface area contributed by atoms with Crippen LogP contribution in [0.1, 0.15) is 24.4 Å². The minimum atomic E-state index is -0.479. The number of nitrogens with one attached hydrogen (secondary N) is 3. The highest BCUT2D eigenvalue weighted by Gasteiger charge is 2.12. The van der Waals surface area contributed by atoms with Gasteiger partial charge in [0.15, 0.2) is 10.4 Å². The van der Waals surface area contributed by atoms with Gasteiger partial charge in [0.2, 0.25) is 11.8 Å². The van der Waals surface area contributed by atoms with E-state index in [-0.39, 0.29) is 30.0 Å². The van der Waals surface area contributed by atoms with Crippen molar-refractivity contribution in [3.8, 4) is 0 Å². The number of carbonyl (C=O) groups excluding carboxylic acids is 3. The maximum atomic E-state index is 11.9. The molecule has 3 N–H and O–H groups in total. The average Bonchev–Trinajstić information content (AvgIpc) is 3.01. The number of amides is 3. The van der Waals surface area contributed by atoms with Gasteiger partial charge in [0, 0.05) is 17.3 Å². The summed E-state index contributed by atoms with van der Waals surface area (Å²) in [5, 5.41) is 7.87. The highest BCUT2D eigenvalue weighted by atomic mass is 79.9. The summed E-state index contributed by atoms with van der Waals surface area (Å²) in [6.45, 7) is 3.42. The van der Waals surface area contributed by atoms with Gasteiger partial charge in [-0.3, -0.25) is 14.4 Å². The van der Waals surface area contributed by atoms with Crippen molar-refractivity contribution in [3.05, 3.63) is 46.8 Å². The summed E-state index contributed by atoms with van der Waals surface area (Å²) in [4.78, 5) is 35.3. The van der Waals surface area contributed by atoms with Crippen molar-refractivity contribution in [2.24, 2.45) is 5.92 Å². The number of anilines is 2. The van der Waals surface area contributed by atoms with E-state index in [0.29, 0.717) is 16.0 Å². The van der Waals surface area contributed by atoms with Crippen LogP contribution in [0.5, 0.6) is 0 Å². The van der Waals surface area contributed by atoms with Crippen molar-refractivity contribution in [1.82, 2.24) is 5.32 Å². The Hall–Kier alpha value is -2.61.